The van der Waals surface area contributed by atoms with E-state index in [2.05, 4.69) is 49.7 Å². The van der Waals surface area contributed by atoms with Gasteiger partial charge in [0.2, 0.25) is 0 Å². The first kappa shape index (κ1) is 11.6. The zero-order valence-corrected chi connectivity index (χ0v) is 10.0. The summed E-state index contributed by atoms with van der Waals surface area (Å²) in [7, 11) is 0. The summed E-state index contributed by atoms with van der Waals surface area (Å²) in [5, 5.41) is 3.52. The van der Waals surface area contributed by atoms with E-state index in [-0.39, 0.29) is 0 Å². The van der Waals surface area contributed by atoms with Gasteiger partial charge in [0.1, 0.15) is 0 Å². The summed E-state index contributed by atoms with van der Waals surface area (Å²) in [6.07, 6.45) is 2.16. The molecule has 0 radical (unpaired) electrons. The van der Waals surface area contributed by atoms with Gasteiger partial charge < -0.3 is 5.32 Å². The summed E-state index contributed by atoms with van der Waals surface area (Å²) >= 11 is 1.89. The molecule has 78 valence electrons. The molecule has 1 atom stereocenters. The molecule has 0 aliphatic heterocycles. The number of thioether (sulfide) groups is 1. The van der Waals surface area contributed by atoms with Gasteiger partial charge in [0.15, 0.2) is 0 Å². The molecule has 0 fully saturated rings. The summed E-state index contributed by atoms with van der Waals surface area (Å²) in [6.45, 7) is 5.37. The quantitative estimate of drug-likeness (QED) is 0.800. The number of hydrogen-bond acceptors (Lipinski definition) is 2. The fourth-order valence-electron chi connectivity index (χ4n) is 1.65. The average molecular weight is 209 g/mol. The van der Waals surface area contributed by atoms with Crippen LogP contribution in [0.1, 0.15) is 24.1 Å². The molecule has 0 spiro atoms. The molecule has 1 rings (SSSR count). The summed E-state index contributed by atoms with van der Waals surface area (Å²) in [5.74, 6) is 1.14. The lowest BCUT2D eigenvalue weighted by Gasteiger charge is -2.19. The van der Waals surface area contributed by atoms with Crippen LogP contribution in [0.5, 0.6) is 0 Å². The van der Waals surface area contributed by atoms with Crippen LogP contribution in [0.4, 0.5) is 0 Å². The highest BCUT2D eigenvalue weighted by molar-refractivity contribution is 7.98. The third-order valence-corrected chi connectivity index (χ3v) is 3.01. The SMILES string of the molecule is CCNC(CSC)c1ccccc1C. The summed E-state index contributed by atoms with van der Waals surface area (Å²) in [6, 6.07) is 9.11. The van der Waals surface area contributed by atoms with Crippen molar-refractivity contribution < 1.29 is 0 Å². The maximum absolute atomic E-state index is 3.52. The van der Waals surface area contributed by atoms with E-state index in [1.54, 1.807) is 0 Å². The average Bonchev–Trinajstić information content (AvgIpc) is 2.18. The lowest BCUT2D eigenvalue weighted by molar-refractivity contribution is 0.603. The van der Waals surface area contributed by atoms with Crippen molar-refractivity contribution in [3.63, 3.8) is 0 Å². The van der Waals surface area contributed by atoms with Gasteiger partial charge in [0.25, 0.3) is 0 Å². The van der Waals surface area contributed by atoms with Gasteiger partial charge in [-0.1, -0.05) is 31.2 Å². The second-order valence-corrected chi connectivity index (χ2v) is 4.33. The molecular formula is C12H19NS. The normalized spacial score (nSPS) is 12.8. The maximum atomic E-state index is 3.52. The molecule has 0 aromatic heterocycles. The largest absolute Gasteiger partial charge is 0.310 e. The molecule has 1 unspecified atom stereocenters. The van der Waals surface area contributed by atoms with Crippen molar-refractivity contribution in [3.8, 4) is 0 Å². The molecule has 1 aromatic carbocycles. The molecule has 0 bridgehead atoms. The van der Waals surface area contributed by atoms with E-state index in [0.29, 0.717) is 6.04 Å². The van der Waals surface area contributed by atoms with E-state index < -0.39 is 0 Å². The Morgan fingerprint density at radius 1 is 1.36 bits per heavy atom. The Morgan fingerprint density at radius 3 is 2.64 bits per heavy atom. The first-order chi connectivity index (χ1) is 6.79. The van der Waals surface area contributed by atoms with Gasteiger partial charge in [-0.25, -0.2) is 0 Å². The zero-order valence-electron chi connectivity index (χ0n) is 9.21. The van der Waals surface area contributed by atoms with E-state index in [1.807, 2.05) is 11.8 Å². The molecule has 0 aliphatic carbocycles. The zero-order chi connectivity index (χ0) is 10.4. The highest BCUT2D eigenvalue weighted by Crippen LogP contribution is 2.20. The third kappa shape index (κ3) is 3.03. The number of rotatable bonds is 5. The maximum Gasteiger partial charge on any atom is 0.0414 e. The summed E-state index contributed by atoms with van der Waals surface area (Å²) in [4.78, 5) is 0. The van der Waals surface area contributed by atoms with Crippen LogP contribution in [0.15, 0.2) is 24.3 Å². The first-order valence-corrected chi connectivity index (χ1v) is 6.46. The predicted molar refractivity (Wildman–Crippen MR) is 66.0 cm³/mol. The smallest absolute Gasteiger partial charge is 0.0414 e. The summed E-state index contributed by atoms with van der Waals surface area (Å²) < 4.78 is 0. The molecule has 14 heavy (non-hydrogen) atoms. The first-order valence-electron chi connectivity index (χ1n) is 5.07. The lowest BCUT2D eigenvalue weighted by Crippen LogP contribution is -2.23. The number of hydrogen-bond donors (Lipinski definition) is 1. The van der Waals surface area contributed by atoms with Crippen LogP contribution >= 0.6 is 11.8 Å². The Labute approximate surface area is 91.3 Å². The number of aryl methyl sites for hydroxylation is 1. The molecule has 0 saturated carbocycles. The number of nitrogens with one attached hydrogen (secondary N) is 1. The molecule has 2 heteroatoms. The number of benzene rings is 1. The Hall–Kier alpha value is -0.470. The molecule has 0 aliphatic rings. The molecule has 1 nitrogen and oxygen atoms in total. The van der Waals surface area contributed by atoms with Crippen molar-refractivity contribution in [1.82, 2.24) is 5.32 Å². The highest BCUT2D eigenvalue weighted by Gasteiger charge is 2.10. The van der Waals surface area contributed by atoms with Crippen molar-refractivity contribution in [3.05, 3.63) is 35.4 Å². The monoisotopic (exact) mass is 209 g/mol. The fourth-order valence-corrected chi connectivity index (χ4v) is 2.28. The van der Waals surface area contributed by atoms with Crippen molar-refractivity contribution >= 4 is 11.8 Å². The predicted octanol–water partition coefficient (Wildman–Crippen LogP) is 3.01. The second-order valence-electron chi connectivity index (χ2n) is 3.42. The topological polar surface area (TPSA) is 12.0 Å². The Bertz CT molecular complexity index is 267. The second kappa shape index (κ2) is 6.10. The van der Waals surface area contributed by atoms with Gasteiger partial charge in [0, 0.05) is 11.8 Å². The van der Waals surface area contributed by atoms with E-state index in [4.69, 9.17) is 0 Å². The minimum atomic E-state index is 0.496. The third-order valence-electron chi connectivity index (χ3n) is 2.35. The van der Waals surface area contributed by atoms with E-state index >= 15 is 0 Å². The van der Waals surface area contributed by atoms with Crippen LogP contribution in [0.25, 0.3) is 0 Å². The molecule has 0 amide bonds. The van der Waals surface area contributed by atoms with Gasteiger partial charge >= 0.3 is 0 Å². The van der Waals surface area contributed by atoms with Gasteiger partial charge in [-0.05, 0) is 30.9 Å². The van der Waals surface area contributed by atoms with Crippen LogP contribution in [0, 0.1) is 6.92 Å². The van der Waals surface area contributed by atoms with E-state index in [9.17, 15) is 0 Å². The lowest BCUT2D eigenvalue weighted by atomic mass is 10.0. The van der Waals surface area contributed by atoms with E-state index in [0.717, 1.165) is 12.3 Å². The molecule has 0 heterocycles. The minimum Gasteiger partial charge on any atom is -0.310 e. The van der Waals surface area contributed by atoms with Gasteiger partial charge in [-0.3, -0.25) is 0 Å². The van der Waals surface area contributed by atoms with Crippen LogP contribution in [-0.4, -0.2) is 18.6 Å². The Balaban J connectivity index is 2.81. The molecule has 0 saturated heterocycles. The standard InChI is InChI=1S/C12H19NS/c1-4-13-12(9-14-3)11-8-6-5-7-10(11)2/h5-8,12-13H,4,9H2,1-3H3. The molecule has 1 aromatic rings. The van der Waals surface area contributed by atoms with Crippen LogP contribution < -0.4 is 5.32 Å². The molecule has 1 N–H and O–H groups in total. The van der Waals surface area contributed by atoms with Crippen LogP contribution in [-0.2, 0) is 0 Å². The van der Waals surface area contributed by atoms with Crippen molar-refractivity contribution in [1.29, 1.82) is 0 Å². The van der Waals surface area contributed by atoms with Gasteiger partial charge in [-0.15, -0.1) is 0 Å². The van der Waals surface area contributed by atoms with Gasteiger partial charge in [0.05, 0.1) is 0 Å². The fraction of sp³-hybridized carbons (Fsp3) is 0.500. The summed E-state index contributed by atoms with van der Waals surface area (Å²) in [5.41, 5.74) is 2.82. The van der Waals surface area contributed by atoms with Crippen LogP contribution in [0.2, 0.25) is 0 Å². The minimum absolute atomic E-state index is 0.496. The Morgan fingerprint density at radius 2 is 2.07 bits per heavy atom. The van der Waals surface area contributed by atoms with Gasteiger partial charge in [-0.2, -0.15) is 11.8 Å². The Kier molecular flexibility index (Phi) is 5.05. The van der Waals surface area contributed by atoms with Crippen LogP contribution in [0.3, 0.4) is 0 Å². The van der Waals surface area contributed by atoms with Crippen molar-refractivity contribution in [2.24, 2.45) is 0 Å². The van der Waals surface area contributed by atoms with Crippen molar-refractivity contribution in [2.75, 3.05) is 18.6 Å². The van der Waals surface area contributed by atoms with Crippen molar-refractivity contribution in [2.45, 2.75) is 19.9 Å². The molecular weight excluding hydrogens is 190 g/mol. The van der Waals surface area contributed by atoms with E-state index in [1.165, 1.54) is 11.1 Å². The highest BCUT2D eigenvalue weighted by atomic mass is 32.2.